The monoisotopic (exact) mass is 721 g/mol. The van der Waals surface area contributed by atoms with Crippen LogP contribution >= 0.6 is 27.5 Å². The molecular formula is C30H25BrClNO13. The fourth-order valence-electron chi connectivity index (χ4n) is 3.72. The van der Waals surface area contributed by atoms with Crippen LogP contribution in [0.5, 0.6) is 23.0 Å². The van der Waals surface area contributed by atoms with E-state index in [0.717, 1.165) is 32.0 Å². The van der Waals surface area contributed by atoms with Gasteiger partial charge in [-0.1, -0.05) is 11.6 Å². The van der Waals surface area contributed by atoms with Gasteiger partial charge in [-0.2, -0.15) is 0 Å². The van der Waals surface area contributed by atoms with Crippen molar-refractivity contribution in [3.8, 4) is 23.0 Å². The number of benzene rings is 3. The van der Waals surface area contributed by atoms with Gasteiger partial charge in [0.15, 0.2) is 23.0 Å². The lowest BCUT2D eigenvalue weighted by Gasteiger charge is -2.24. The van der Waals surface area contributed by atoms with E-state index in [2.05, 4.69) is 21.2 Å². The van der Waals surface area contributed by atoms with Crippen LogP contribution in [0.2, 0.25) is 5.02 Å². The summed E-state index contributed by atoms with van der Waals surface area (Å²) in [5.74, 6) is -7.03. The number of methoxy groups -OCH3 is 2. The summed E-state index contributed by atoms with van der Waals surface area (Å²) in [5.41, 5.74) is -0.401. The fraction of sp³-hybridized carbons (Fsp3) is 0.200. The molecule has 0 unspecified atom stereocenters. The van der Waals surface area contributed by atoms with Gasteiger partial charge in [0.25, 0.3) is 5.91 Å². The van der Waals surface area contributed by atoms with Crippen molar-refractivity contribution in [2.45, 2.75) is 26.1 Å². The number of aliphatic carboxylic acids is 1. The molecule has 0 heterocycles. The van der Waals surface area contributed by atoms with Crippen molar-refractivity contribution in [1.29, 1.82) is 0 Å². The third-order valence-electron chi connectivity index (χ3n) is 5.74. The molecule has 0 bridgehead atoms. The van der Waals surface area contributed by atoms with E-state index in [1.54, 1.807) is 0 Å². The first-order valence-corrected chi connectivity index (χ1v) is 14.0. The number of halogens is 2. The summed E-state index contributed by atoms with van der Waals surface area (Å²) in [6.45, 7) is 2.30. The average Bonchev–Trinajstić information content (AvgIpc) is 3.00. The Bertz CT molecular complexity index is 1690. The van der Waals surface area contributed by atoms with Crippen LogP contribution < -0.4 is 24.3 Å². The van der Waals surface area contributed by atoms with Gasteiger partial charge in [0.2, 0.25) is 12.2 Å². The second kappa shape index (κ2) is 15.7. The molecule has 0 aliphatic heterocycles. The summed E-state index contributed by atoms with van der Waals surface area (Å²) in [4.78, 5) is 74.9. The minimum absolute atomic E-state index is 0.0274. The molecular weight excluding hydrogens is 698 g/mol. The smallest absolute Gasteiger partial charge is 0.349 e. The minimum atomic E-state index is -2.39. The first-order valence-electron chi connectivity index (χ1n) is 12.9. The van der Waals surface area contributed by atoms with Crippen molar-refractivity contribution in [2.24, 2.45) is 0 Å². The number of nitrogens with one attached hydrogen (secondary N) is 1. The van der Waals surface area contributed by atoms with Gasteiger partial charge in [-0.05, 0) is 70.5 Å². The summed E-state index contributed by atoms with van der Waals surface area (Å²) in [5, 5.41) is 12.6. The number of carbonyl (C=O) groups is 6. The molecule has 16 heteroatoms. The number of carbonyl (C=O) groups excluding carboxylic acids is 5. The lowest BCUT2D eigenvalue weighted by Crippen LogP contribution is -2.48. The van der Waals surface area contributed by atoms with Crippen LogP contribution in [0.25, 0.3) is 0 Å². The Morgan fingerprint density at radius 1 is 0.717 bits per heavy atom. The molecule has 1 amide bonds. The largest absolute Gasteiger partial charge is 0.493 e. The van der Waals surface area contributed by atoms with E-state index in [0.29, 0.717) is 4.47 Å². The topological polar surface area (TPSA) is 190 Å². The third-order valence-corrected chi connectivity index (χ3v) is 6.97. The highest BCUT2D eigenvalue weighted by Gasteiger charge is 2.41. The number of rotatable bonds is 12. The van der Waals surface area contributed by atoms with Crippen LogP contribution in [0.4, 0.5) is 5.69 Å². The summed E-state index contributed by atoms with van der Waals surface area (Å²) >= 11 is 9.31. The van der Waals surface area contributed by atoms with E-state index in [1.165, 1.54) is 50.6 Å². The highest BCUT2D eigenvalue weighted by Crippen LogP contribution is 2.31. The van der Waals surface area contributed by atoms with Gasteiger partial charge in [-0.25, -0.2) is 14.4 Å². The second-order valence-corrected chi connectivity index (χ2v) is 10.3. The standard InChI is InChI=1S/C30H25BrClNO13/c1-14(34)43-21-9-5-16(11-23(21)41-3)29(39)45-25(27(36)33-18-7-8-19(31)20(32)13-18)26(28(37)38)46-30(40)17-6-10-22(44-15(2)35)24(12-17)42-4/h5-13,25-26H,1-4H3,(H,33,36)(H,37,38)/t25-,26-/m1/s1. The third kappa shape index (κ3) is 9.18. The van der Waals surface area contributed by atoms with Crippen molar-refractivity contribution in [3.05, 3.63) is 75.2 Å². The average molecular weight is 723 g/mol. The molecule has 0 radical (unpaired) electrons. The van der Waals surface area contributed by atoms with Gasteiger partial charge in [0.1, 0.15) is 0 Å². The molecule has 3 rings (SSSR count). The summed E-state index contributed by atoms with van der Waals surface area (Å²) in [7, 11) is 2.48. The van der Waals surface area contributed by atoms with E-state index >= 15 is 0 Å². The number of amides is 1. The van der Waals surface area contributed by atoms with Crippen molar-refractivity contribution < 1.29 is 62.3 Å². The van der Waals surface area contributed by atoms with E-state index in [4.69, 9.17) is 40.0 Å². The summed E-state index contributed by atoms with van der Waals surface area (Å²) in [6, 6.07) is 11.2. The molecule has 0 saturated heterocycles. The Kier molecular flexibility index (Phi) is 12.1. The normalized spacial score (nSPS) is 11.7. The lowest BCUT2D eigenvalue weighted by atomic mass is 10.1. The highest BCUT2D eigenvalue weighted by molar-refractivity contribution is 9.10. The van der Waals surface area contributed by atoms with Crippen molar-refractivity contribution >= 4 is 69.0 Å². The Labute approximate surface area is 274 Å². The SMILES string of the molecule is COc1cc(C(=O)O[C@@H](C(=O)O)[C@@H](OC(=O)c2ccc(OC(C)=O)c(OC)c2)C(=O)Nc2ccc(Br)c(Cl)c2)ccc1OC(C)=O. The highest BCUT2D eigenvalue weighted by atomic mass is 79.9. The van der Waals surface area contributed by atoms with Crippen molar-refractivity contribution in [1.82, 2.24) is 0 Å². The van der Waals surface area contributed by atoms with Gasteiger partial charge >= 0.3 is 29.8 Å². The number of hydrogen-bond acceptors (Lipinski definition) is 12. The molecule has 3 aromatic carbocycles. The van der Waals surface area contributed by atoms with E-state index in [9.17, 15) is 33.9 Å². The predicted octanol–water partition coefficient (Wildman–Crippen LogP) is 4.44. The van der Waals surface area contributed by atoms with E-state index in [-0.39, 0.29) is 44.8 Å². The number of hydrogen-bond donors (Lipinski definition) is 2. The van der Waals surface area contributed by atoms with Gasteiger partial charge in [-0.15, -0.1) is 0 Å². The number of ether oxygens (including phenoxy) is 6. The van der Waals surface area contributed by atoms with Crippen LogP contribution in [-0.2, 0) is 28.7 Å². The molecule has 3 aromatic rings. The van der Waals surface area contributed by atoms with Crippen LogP contribution in [0.1, 0.15) is 34.6 Å². The zero-order chi connectivity index (χ0) is 34.1. The maximum atomic E-state index is 13.4. The Hall–Kier alpha value is -5.15. The number of anilines is 1. The maximum absolute atomic E-state index is 13.4. The molecule has 242 valence electrons. The quantitative estimate of drug-likeness (QED) is 0.197. The van der Waals surface area contributed by atoms with Crippen LogP contribution in [0.3, 0.4) is 0 Å². The fourth-order valence-corrected chi connectivity index (χ4v) is 4.14. The Morgan fingerprint density at radius 3 is 1.61 bits per heavy atom. The first kappa shape index (κ1) is 35.3. The molecule has 14 nitrogen and oxygen atoms in total. The zero-order valence-corrected chi connectivity index (χ0v) is 26.8. The molecule has 0 aliphatic rings. The Balaban J connectivity index is 1.98. The zero-order valence-electron chi connectivity index (χ0n) is 24.5. The van der Waals surface area contributed by atoms with Gasteiger partial charge in [-0.3, -0.25) is 14.4 Å². The molecule has 46 heavy (non-hydrogen) atoms. The van der Waals surface area contributed by atoms with Crippen molar-refractivity contribution in [3.63, 3.8) is 0 Å². The van der Waals surface area contributed by atoms with Crippen LogP contribution in [0.15, 0.2) is 59.1 Å². The summed E-state index contributed by atoms with van der Waals surface area (Å²) in [6.07, 6.45) is -4.65. The number of esters is 4. The molecule has 2 N–H and O–H groups in total. The second-order valence-electron chi connectivity index (χ2n) is 9.03. The van der Waals surface area contributed by atoms with Gasteiger partial charge in [0.05, 0.1) is 30.4 Å². The van der Waals surface area contributed by atoms with Gasteiger partial charge in [0, 0.05) is 24.0 Å². The van der Waals surface area contributed by atoms with Crippen LogP contribution in [-0.4, -0.2) is 67.3 Å². The number of carboxylic acids is 1. The van der Waals surface area contributed by atoms with Gasteiger partial charge < -0.3 is 38.8 Å². The first-order chi connectivity index (χ1) is 21.7. The summed E-state index contributed by atoms with van der Waals surface area (Å²) < 4.78 is 31.3. The van der Waals surface area contributed by atoms with Crippen LogP contribution in [0, 0.1) is 0 Å². The minimum Gasteiger partial charge on any atom is -0.493 e. The molecule has 0 aliphatic carbocycles. The maximum Gasteiger partial charge on any atom is 0.349 e. The van der Waals surface area contributed by atoms with E-state index < -0.39 is 48.0 Å². The molecule has 0 fully saturated rings. The molecule has 0 aromatic heterocycles. The number of carboxylic acid groups (broad SMARTS) is 1. The predicted molar refractivity (Wildman–Crippen MR) is 162 cm³/mol. The van der Waals surface area contributed by atoms with Crippen molar-refractivity contribution in [2.75, 3.05) is 19.5 Å². The molecule has 0 spiro atoms. The Morgan fingerprint density at radius 2 is 1.20 bits per heavy atom. The lowest BCUT2D eigenvalue weighted by molar-refractivity contribution is -0.157. The molecule has 2 atom stereocenters. The molecule has 0 saturated carbocycles. The van der Waals surface area contributed by atoms with E-state index in [1.807, 2.05) is 0 Å².